The Hall–Kier alpha value is -2.07. The molecule has 0 aliphatic carbocycles. The van der Waals surface area contributed by atoms with Crippen LogP contribution in [-0.4, -0.2) is 29.3 Å². The van der Waals surface area contributed by atoms with E-state index in [-0.39, 0.29) is 11.3 Å². The Labute approximate surface area is 118 Å². The van der Waals surface area contributed by atoms with Gasteiger partial charge in [-0.2, -0.15) is 0 Å². The van der Waals surface area contributed by atoms with Gasteiger partial charge in [-0.15, -0.1) is 0 Å². The molecule has 0 saturated carbocycles. The lowest BCUT2D eigenvalue weighted by molar-refractivity contribution is 0.0964. The standard InChI is InChI=1S/C16H17FN2O/c1-19(12-13-6-9-18-10-7-13)11-8-16(20)14-4-2-3-5-15(14)17/h2-7,9-10H,8,11-12H2,1H3. The Kier molecular flexibility index (Phi) is 4.96. The zero-order chi connectivity index (χ0) is 14.4. The number of aromatic nitrogens is 1. The van der Waals surface area contributed by atoms with Gasteiger partial charge in [0.15, 0.2) is 5.78 Å². The molecule has 0 atom stereocenters. The minimum Gasteiger partial charge on any atom is -0.302 e. The average Bonchev–Trinajstić information content (AvgIpc) is 2.46. The summed E-state index contributed by atoms with van der Waals surface area (Å²) in [5.74, 6) is -0.612. The molecule has 2 aromatic rings. The van der Waals surface area contributed by atoms with E-state index in [1.165, 1.54) is 12.1 Å². The van der Waals surface area contributed by atoms with Crippen LogP contribution in [0.5, 0.6) is 0 Å². The molecular formula is C16H17FN2O. The lowest BCUT2D eigenvalue weighted by Gasteiger charge is -2.16. The van der Waals surface area contributed by atoms with Crippen LogP contribution in [-0.2, 0) is 6.54 Å². The van der Waals surface area contributed by atoms with Crippen molar-refractivity contribution < 1.29 is 9.18 Å². The third-order valence-electron chi connectivity index (χ3n) is 3.10. The lowest BCUT2D eigenvalue weighted by Crippen LogP contribution is -2.21. The highest BCUT2D eigenvalue weighted by molar-refractivity contribution is 5.96. The van der Waals surface area contributed by atoms with Crippen LogP contribution in [0.1, 0.15) is 22.3 Å². The maximum absolute atomic E-state index is 13.5. The molecule has 104 valence electrons. The van der Waals surface area contributed by atoms with E-state index < -0.39 is 5.82 Å². The highest BCUT2D eigenvalue weighted by Crippen LogP contribution is 2.10. The monoisotopic (exact) mass is 272 g/mol. The zero-order valence-electron chi connectivity index (χ0n) is 11.4. The smallest absolute Gasteiger partial charge is 0.167 e. The van der Waals surface area contributed by atoms with Gasteiger partial charge in [-0.25, -0.2) is 4.39 Å². The maximum atomic E-state index is 13.5. The van der Waals surface area contributed by atoms with Crippen molar-refractivity contribution in [1.82, 2.24) is 9.88 Å². The second-order valence-corrected chi connectivity index (χ2v) is 4.75. The van der Waals surface area contributed by atoms with Gasteiger partial charge >= 0.3 is 0 Å². The van der Waals surface area contributed by atoms with Gasteiger partial charge in [0.2, 0.25) is 0 Å². The van der Waals surface area contributed by atoms with Gasteiger partial charge in [-0.3, -0.25) is 9.78 Å². The molecule has 0 aliphatic rings. The minimum atomic E-state index is -0.450. The normalized spacial score (nSPS) is 10.8. The topological polar surface area (TPSA) is 33.2 Å². The van der Waals surface area contributed by atoms with Crippen molar-refractivity contribution in [3.05, 3.63) is 65.7 Å². The Morgan fingerprint density at radius 1 is 1.20 bits per heavy atom. The second kappa shape index (κ2) is 6.91. The molecule has 3 nitrogen and oxygen atoms in total. The molecule has 1 aromatic carbocycles. The molecule has 0 N–H and O–H groups in total. The Bertz CT molecular complexity index is 572. The predicted molar refractivity (Wildman–Crippen MR) is 75.9 cm³/mol. The number of rotatable bonds is 6. The molecule has 4 heteroatoms. The summed E-state index contributed by atoms with van der Waals surface area (Å²) >= 11 is 0. The summed E-state index contributed by atoms with van der Waals surface area (Å²) in [6.45, 7) is 1.34. The Balaban J connectivity index is 1.86. The van der Waals surface area contributed by atoms with E-state index in [0.717, 1.165) is 12.1 Å². The molecule has 0 spiro atoms. The first-order valence-corrected chi connectivity index (χ1v) is 6.52. The number of carbonyl (C=O) groups is 1. The van der Waals surface area contributed by atoms with Crippen molar-refractivity contribution in [3.8, 4) is 0 Å². The fraction of sp³-hybridized carbons (Fsp3) is 0.250. The van der Waals surface area contributed by atoms with Crippen molar-refractivity contribution in [2.45, 2.75) is 13.0 Å². The van der Waals surface area contributed by atoms with Crippen molar-refractivity contribution in [1.29, 1.82) is 0 Å². The van der Waals surface area contributed by atoms with Gasteiger partial charge in [0, 0.05) is 31.9 Å². The van der Waals surface area contributed by atoms with Crippen LogP contribution in [0.2, 0.25) is 0 Å². The third-order valence-corrected chi connectivity index (χ3v) is 3.10. The van der Waals surface area contributed by atoms with Crippen molar-refractivity contribution >= 4 is 5.78 Å². The molecule has 0 amide bonds. The van der Waals surface area contributed by atoms with Crippen LogP contribution in [0.3, 0.4) is 0 Å². The molecule has 1 heterocycles. The van der Waals surface area contributed by atoms with Crippen molar-refractivity contribution in [2.75, 3.05) is 13.6 Å². The summed E-state index contributed by atoms with van der Waals surface area (Å²) in [5.41, 5.74) is 1.31. The van der Waals surface area contributed by atoms with E-state index >= 15 is 0 Å². The number of ketones is 1. The molecule has 0 radical (unpaired) electrons. The van der Waals surface area contributed by atoms with Crippen LogP contribution in [0.15, 0.2) is 48.8 Å². The summed E-state index contributed by atoms with van der Waals surface area (Å²) in [4.78, 5) is 17.9. The number of nitrogens with zero attached hydrogens (tertiary/aromatic N) is 2. The van der Waals surface area contributed by atoms with E-state index in [2.05, 4.69) is 4.98 Å². The van der Waals surface area contributed by atoms with Gasteiger partial charge in [-0.1, -0.05) is 12.1 Å². The maximum Gasteiger partial charge on any atom is 0.167 e. The molecule has 0 unspecified atom stereocenters. The number of pyridine rings is 1. The van der Waals surface area contributed by atoms with E-state index in [4.69, 9.17) is 0 Å². The summed E-state index contributed by atoms with van der Waals surface area (Å²) in [6.07, 6.45) is 3.80. The molecule has 0 saturated heterocycles. The van der Waals surface area contributed by atoms with Gasteiger partial charge in [0.1, 0.15) is 5.82 Å². The van der Waals surface area contributed by atoms with Crippen LogP contribution < -0.4 is 0 Å². The summed E-state index contributed by atoms with van der Waals surface area (Å²) in [7, 11) is 1.94. The Morgan fingerprint density at radius 2 is 1.90 bits per heavy atom. The first kappa shape index (κ1) is 14.3. The second-order valence-electron chi connectivity index (χ2n) is 4.75. The molecule has 1 aromatic heterocycles. The number of carbonyl (C=O) groups excluding carboxylic acids is 1. The number of Topliss-reactive ketones (excluding diaryl/α,β-unsaturated/α-hetero) is 1. The quantitative estimate of drug-likeness (QED) is 0.758. The fourth-order valence-corrected chi connectivity index (χ4v) is 1.99. The molecule has 0 aliphatic heterocycles. The Morgan fingerprint density at radius 3 is 2.60 bits per heavy atom. The molecule has 2 rings (SSSR count). The summed E-state index contributed by atoms with van der Waals surface area (Å²) in [5, 5.41) is 0. The van der Waals surface area contributed by atoms with Crippen LogP contribution in [0.25, 0.3) is 0 Å². The van der Waals surface area contributed by atoms with E-state index in [0.29, 0.717) is 13.0 Å². The fourth-order valence-electron chi connectivity index (χ4n) is 1.99. The van der Waals surface area contributed by atoms with Crippen molar-refractivity contribution in [3.63, 3.8) is 0 Å². The lowest BCUT2D eigenvalue weighted by atomic mass is 10.1. The zero-order valence-corrected chi connectivity index (χ0v) is 11.4. The number of benzene rings is 1. The molecular weight excluding hydrogens is 255 g/mol. The number of halogens is 1. The predicted octanol–water partition coefficient (Wildman–Crippen LogP) is 2.93. The first-order chi connectivity index (χ1) is 9.66. The molecule has 0 fully saturated rings. The SMILES string of the molecule is CN(CCC(=O)c1ccccc1F)Cc1ccncc1. The van der Waals surface area contributed by atoms with Gasteiger partial charge in [-0.05, 0) is 36.9 Å². The first-order valence-electron chi connectivity index (χ1n) is 6.52. The average molecular weight is 272 g/mol. The van der Waals surface area contributed by atoms with Crippen LogP contribution in [0, 0.1) is 5.82 Å². The highest BCUT2D eigenvalue weighted by Gasteiger charge is 2.11. The van der Waals surface area contributed by atoms with Gasteiger partial charge in [0.05, 0.1) is 5.56 Å². The number of hydrogen-bond donors (Lipinski definition) is 0. The van der Waals surface area contributed by atoms with Gasteiger partial charge < -0.3 is 4.90 Å². The minimum absolute atomic E-state index is 0.162. The number of hydrogen-bond acceptors (Lipinski definition) is 3. The highest BCUT2D eigenvalue weighted by atomic mass is 19.1. The van der Waals surface area contributed by atoms with Crippen LogP contribution in [0.4, 0.5) is 4.39 Å². The molecule has 0 bridgehead atoms. The van der Waals surface area contributed by atoms with E-state index in [1.807, 2.05) is 24.1 Å². The largest absolute Gasteiger partial charge is 0.302 e. The van der Waals surface area contributed by atoms with Crippen LogP contribution >= 0.6 is 0 Å². The summed E-state index contributed by atoms with van der Waals surface area (Å²) in [6, 6.07) is 9.98. The summed E-state index contributed by atoms with van der Waals surface area (Å²) < 4.78 is 13.5. The third kappa shape index (κ3) is 3.96. The van der Waals surface area contributed by atoms with E-state index in [9.17, 15) is 9.18 Å². The van der Waals surface area contributed by atoms with Gasteiger partial charge in [0.25, 0.3) is 0 Å². The molecule has 20 heavy (non-hydrogen) atoms. The van der Waals surface area contributed by atoms with E-state index in [1.54, 1.807) is 24.5 Å². The van der Waals surface area contributed by atoms with Crippen molar-refractivity contribution in [2.24, 2.45) is 0 Å².